The first-order chi connectivity index (χ1) is 9.23. The number of fused-ring (bicyclic) bond motifs is 1. The van der Waals surface area contributed by atoms with E-state index in [0.29, 0.717) is 0 Å². The number of nitrogens with zero attached hydrogens (tertiary/aromatic N) is 3. The first-order valence-electron chi connectivity index (χ1n) is 6.87. The van der Waals surface area contributed by atoms with Crippen molar-refractivity contribution >= 4 is 23.6 Å². The van der Waals surface area contributed by atoms with Crippen LogP contribution in [0.1, 0.15) is 33.3 Å². The molecule has 5 nitrogen and oxygen atoms in total. The van der Waals surface area contributed by atoms with Crippen LogP contribution in [0.3, 0.4) is 0 Å². The van der Waals surface area contributed by atoms with Crippen molar-refractivity contribution in [1.82, 2.24) is 15.0 Å². The van der Waals surface area contributed by atoms with Gasteiger partial charge in [-0.05, 0) is 51.7 Å². The van der Waals surface area contributed by atoms with Crippen LogP contribution in [0.4, 0.5) is 0 Å². The lowest BCUT2D eigenvalue weighted by Crippen LogP contribution is -2.41. The highest BCUT2D eigenvalue weighted by Crippen LogP contribution is 2.36. The average molecular weight is 273 g/mol. The Morgan fingerprint density at radius 2 is 1.70 bits per heavy atom. The Morgan fingerprint density at radius 1 is 1.10 bits per heavy atom. The maximum atomic E-state index is 6.11. The number of aromatic nitrogens is 3. The zero-order chi connectivity index (χ0) is 14.7. The summed E-state index contributed by atoms with van der Waals surface area (Å²) in [4.78, 5) is 0. The van der Waals surface area contributed by atoms with Gasteiger partial charge in [0.15, 0.2) is 0 Å². The molecule has 0 spiro atoms. The zero-order valence-corrected chi connectivity index (χ0v) is 12.9. The van der Waals surface area contributed by atoms with Crippen molar-refractivity contribution in [2.45, 2.75) is 45.8 Å². The average Bonchev–Trinajstić information content (AvgIpc) is 2.79. The minimum Gasteiger partial charge on any atom is -0.399 e. The van der Waals surface area contributed by atoms with Gasteiger partial charge in [0, 0.05) is 7.05 Å². The van der Waals surface area contributed by atoms with Crippen LogP contribution in [0.5, 0.6) is 0 Å². The smallest absolute Gasteiger partial charge is 0.399 e. The van der Waals surface area contributed by atoms with Crippen molar-refractivity contribution in [3.8, 4) is 0 Å². The minimum absolute atomic E-state index is 0.332. The standard InChI is InChI=1S/C14H20BN3O2/c1-9-10(7-8-11-12(9)16-17-18(11)6)15-19-13(2,3)14(4,5)20-15/h7-8H,1-6H3. The first kappa shape index (κ1) is 13.6. The van der Waals surface area contributed by atoms with Crippen molar-refractivity contribution in [2.75, 3.05) is 0 Å². The second kappa shape index (κ2) is 4.05. The normalized spacial score (nSPS) is 20.8. The molecule has 1 fully saturated rings. The van der Waals surface area contributed by atoms with Crippen molar-refractivity contribution in [3.63, 3.8) is 0 Å². The van der Waals surface area contributed by atoms with E-state index in [-0.39, 0.29) is 18.3 Å². The van der Waals surface area contributed by atoms with Gasteiger partial charge < -0.3 is 9.31 Å². The molecule has 0 radical (unpaired) electrons. The summed E-state index contributed by atoms with van der Waals surface area (Å²) in [6.45, 7) is 10.3. The Bertz CT molecular complexity index is 662. The zero-order valence-electron chi connectivity index (χ0n) is 12.9. The predicted octanol–water partition coefficient (Wildman–Crippen LogP) is 1.58. The molecule has 106 valence electrons. The van der Waals surface area contributed by atoms with Gasteiger partial charge in [0.05, 0.1) is 16.7 Å². The predicted molar refractivity (Wildman–Crippen MR) is 79.0 cm³/mol. The van der Waals surface area contributed by atoms with E-state index in [9.17, 15) is 0 Å². The van der Waals surface area contributed by atoms with E-state index in [4.69, 9.17) is 9.31 Å². The van der Waals surface area contributed by atoms with Gasteiger partial charge in [0.2, 0.25) is 0 Å². The fourth-order valence-electron chi connectivity index (χ4n) is 2.47. The summed E-state index contributed by atoms with van der Waals surface area (Å²) in [5.41, 5.74) is 3.34. The lowest BCUT2D eigenvalue weighted by molar-refractivity contribution is 0.00578. The molecular weight excluding hydrogens is 253 g/mol. The summed E-state index contributed by atoms with van der Waals surface area (Å²) in [6, 6.07) is 4.06. The van der Waals surface area contributed by atoms with Gasteiger partial charge in [-0.3, -0.25) is 0 Å². The summed E-state index contributed by atoms with van der Waals surface area (Å²) in [5.74, 6) is 0. The van der Waals surface area contributed by atoms with E-state index < -0.39 is 0 Å². The number of hydrogen-bond acceptors (Lipinski definition) is 4. The Morgan fingerprint density at radius 3 is 2.30 bits per heavy atom. The molecular formula is C14H20BN3O2. The lowest BCUT2D eigenvalue weighted by Gasteiger charge is -2.32. The molecule has 1 aromatic carbocycles. The number of aryl methyl sites for hydroxylation is 2. The Balaban J connectivity index is 2.06. The molecule has 0 amide bonds. The topological polar surface area (TPSA) is 49.2 Å². The first-order valence-corrected chi connectivity index (χ1v) is 6.87. The van der Waals surface area contributed by atoms with Crippen LogP contribution in [0.2, 0.25) is 0 Å². The quantitative estimate of drug-likeness (QED) is 0.740. The molecule has 0 N–H and O–H groups in total. The van der Waals surface area contributed by atoms with Crippen LogP contribution in [-0.2, 0) is 16.4 Å². The molecule has 0 saturated carbocycles. The van der Waals surface area contributed by atoms with Crippen molar-refractivity contribution in [1.29, 1.82) is 0 Å². The third-order valence-corrected chi connectivity index (χ3v) is 4.59. The minimum atomic E-state index is -0.355. The third-order valence-electron chi connectivity index (χ3n) is 4.59. The maximum Gasteiger partial charge on any atom is 0.495 e. The molecule has 2 heterocycles. The van der Waals surface area contributed by atoms with Crippen LogP contribution < -0.4 is 5.46 Å². The summed E-state index contributed by atoms with van der Waals surface area (Å²) in [5, 5.41) is 8.29. The van der Waals surface area contributed by atoms with E-state index in [1.807, 2.05) is 26.1 Å². The van der Waals surface area contributed by atoms with Crippen molar-refractivity contribution in [3.05, 3.63) is 17.7 Å². The van der Waals surface area contributed by atoms with Crippen molar-refractivity contribution in [2.24, 2.45) is 7.05 Å². The number of benzene rings is 1. The van der Waals surface area contributed by atoms with Crippen LogP contribution >= 0.6 is 0 Å². The lowest BCUT2D eigenvalue weighted by atomic mass is 9.76. The number of rotatable bonds is 1. The molecule has 1 saturated heterocycles. The Kier molecular flexibility index (Phi) is 2.75. The fourth-order valence-corrected chi connectivity index (χ4v) is 2.47. The molecule has 3 rings (SSSR count). The SMILES string of the molecule is Cc1c(B2OC(C)(C)C(C)(C)O2)ccc2c1nnn2C. The maximum absolute atomic E-state index is 6.11. The molecule has 1 aliphatic heterocycles. The Labute approximate surface area is 119 Å². The fraction of sp³-hybridized carbons (Fsp3) is 0.571. The molecule has 2 aromatic rings. The summed E-state index contributed by atoms with van der Waals surface area (Å²) < 4.78 is 14.0. The third kappa shape index (κ3) is 1.78. The van der Waals surface area contributed by atoms with Gasteiger partial charge in [-0.25, -0.2) is 4.68 Å². The van der Waals surface area contributed by atoms with E-state index in [0.717, 1.165) is 22.1 Å². The Hall–Kier alpha value is -1.40. The van der Waals surface area contributed by atoms with Gasteiger partial charge in [0.25, 0.3) is 0 Å². The highest BCUT2D eigenvalue weighted by atomic mass is 16.7. The van der Waals surface area contributed by atoms with E-state index in [1.54, 1.807) is 4.68 Å². The van der Waals surface area contributed by atoms with Crippen LogP contribution in [0, 0.1) is 6.92 Å². The van der Waals surface area contributed by atoms with E-state index in [1.165, 1.54) is 0 Å². The summed E-state index contributed by atoms with van der Waals surface area (Å²) >= 11 is 0. The monoisotopic (exact) mass is 273 g/mol. The van der Waals surface area contributed by atoms with Crippen LogP contribution in [0.15, 0.2) is 12.1 Å². The van der Waals surface area contributed by atoms with Gasteiger partial charge in [-0.15, -0.1) is 5.10 Å². The summed E-state index contributed by atoms with van der Waals surface area (Å²) in [6.07, 6.45) is 0. The molecule has 0 atom stereocenters. The molecule has 1 aliphatic rings. The van der Waals surface area contributed by atoms with Crippen molar-refractivity contribution < 1.29 is 9.31 Å². The molecule has 1 aromatic heterocycles. The van der Waals surface area contributed by atoms with Crippen LogP contribution in [-0.4, -0.2) is 33.3 Å². The van der Waals surface area contributed by atoms with Gasteiger partial charge >= 0.3 is 7.12 Å². The van der Waals surface area contributed by atoms with Gasteiger partial charge in [-0.2, -0.15) is 0 Å². The van der Waals surface area contributed by atoms with E-state index in [2.05, 4.69) is 38.0 Å². The largest absolute Gasteiger partial charge is 0.495 e. The molecule has 6 heteroatoms. The molecule has 0 bridgehead atoms. The van der Waals surface area contributed by atoms with Crippen LogP contribution in [0.25, 0.3) is 11.0 Å². The highest BCUT2D eigenvalue weighted by Gasteiger charge is 2.52. The molecule has 20 heavy (non-hydrogen) atoms. The second-order valence-corrected chi connectivity index (χ2v) is 6.45. The highest BCUT2D eigenvalue weighted by molar-refractivity contribution is 6.63. The number of hydrogen-bond donors (Lipinski definition) is 0. The molecule has 0 unspecified atom stereocenters. The molecule has 0 aliphatic carbocycles. The van der Waals surface area contributed by atoms with Gasteiger partial charge in [-0.1, -0.05) is 11.3 Å². The van der Waals surface area contributed by atoms with Gasteiger partial charge in [0.1, 0.15) is 5.52 Å². The van der Waals surface area contributed by atoms with E-state index >= 15 is 0 Å². The summed E-state index contributed by atoms with van der Waals surface area (Å²) in [7, 11) is 1.54. The second-order valence-electron chi connectivity index (χ2n) is 6.45.